The van der Waals surface area contributed by atoms with Crippen LogP contribution in [0, 0.1) is 12.7 Å². The van der Waals surface area contributed by atoms with Crippen LogP contribution in [0.25, 0.3) is 0 Å². The van der Waals surface area contributed by atoms with Gasteiger partial charge in [-0.1, -0.05) is 18.2 Å². The molecule has 0 saturated carbocycles. The van der Waals surface area contributed by atoms with Crippen molar-refractivity contribution in [3.8, 4) is 5.75 Å². The van der Waals surface area contributed by atoms with Crippen LogP contribution in [0.1, 0.15) is 16.7 Å². The van der Waals surface area contributed by atoms with Crippen molar-refractivity contribution < 1.29 is 9.13 Å². The van der Waals surface area contributed by atoms with Gasteiger partial charge < -0.3 is 20.3 Å². The van der Waals surface area contributed by atoms with Crippen molar-refractivity contribution in [2.75, 3.05) is 40.8 Å². The smallest absolute Gasteiger partial charge is 0.191 e. The molecule has 2 N–H and O–H groups in total. The van der Waals surface area contributed by atoms with Crippen LogP contribution >= 0.6 is 0 Å². The van der Waals surface area contributed by atoms with Crippen LogP contribution < -0.4 is 15.4 Å². The van der Waals surface area contributed by atoms with E-state index in [2.05, 4.69) is 26.6 Å². The summed E-state index contributed by atoms with van der Waals surface area (Å²) in [7, 11) is 5.80. The van der Waals surface area contributed by atoms with E-state index in [4.69, 9.17) is 4.74 Å². The van der Waals surface area contributed by atoms with Crippen molar-refractivity contribution >= 4 is 5.96 Å². The molecule has 0 bridgehead atoms. The van der Waals surface area contributed by atoms with E-state index in [1.807, 2.05) is 45.3 Å². The molecule has 0 amide bonds. The van der Waals surface area contributed by atoms with Gasteiger partial charge in [-0.15, -0.1) is 0 Å². The van der Waals surface area contributed by atoms with E-state index in [1.165, 1.54) is 6.07 Å². The monoisotopic (exact) mass is 386 g/mol. The van der Waals surface area contributed by atoms with Crippen molar-refractivity contribution in [3.05, 3.63) is 65.0 Å². The second-order valence-electron chi connectivity index (χ2n) is 6.97. The molecule has 152 valence electrons. The molecule has 28 heavy (non-hydrogen) atoms. The zero-order chi connectivity index (χ0) is 20.4. The summed E-state index contributed by atoms with van der Waals surface area (Å²) in [4.78, 5) is 6.35. The number of benzene rings is 2. The van der Waals surface area contributed by atoms with Crippen LogP contribution in [-0.4, -0.2) is 51.7 Å². The summed E-state index contributed by atoms with van der Waals surface area (Å²) in [6.45, 7) is 4.85. The van der Waals surface area contributed by atoms with Crippen molar-refractivity contribution in [2.45, 2.75) is 19.9 Å². The lowest BCUT2D eigenvalue weighted by Gasteiger charge is -2.14. The first-order valence-electron chi connectivity index (χ1n) is 9.54. The van der Waals surface area contributed by atoms with Crippen molar-refractivity contribution in [3.63, 3.8) is 0 Å². The third-order valence-electron chi connectivity index (χ3n) is 4.38. The average Bonchev–Trinajstić information content (AvgIpc) is 2.66. The Balaban J connectivity index is 1.78. The summed E-state index contributed by atoms with van der Waals surface area (Å²) in [6.07, 6.45) is 0.808. The molecule has 0 spiro atoms. The van der Waals surface area contributed by atoms with E-state index in [9.17, 15) is 4.39 Å². The number of hydrogen-bond acceptors (Lipinski definition) is 3. The number of aryl methyl sites for hydroxylation is 1. The molecular formula is C22H31FN4O. The Morgan fingerprint density at radius 2 is 1.96 bits per heavy atom. The van der Waals surface area contributed by atoms with Crippen molar-refractivity contribution in [1.82, 2.24) is 15.5 Å². The predicted molar refractivity (Wildman–Crippen MR) is 114 cm³/mol. The van der Waals surface area contributed by atoms with Gasteiger partial charge in [0.05, 0.1) is 0 Å². The molecular weight excluding hydrogens is 355 g/mol. The third-order valence-corrected chi connectivity index (χ3v) is 4.38. The maximum atomic E-state index is 13.2. The van der Waals surface area contributed by atoms with Gasteiger partial charge in [0.15, 0.2) is 5.96 Å². The quantitative estimate of drug-likeness (QED) is 0.514. The van der Waals surface area contributed by atoms with Gasteiger partial charge in [-0.2, -0.15) is 0 Å². The summed E-state index contributed by atoms with van der Waals surface area (Å²) in [6, 6.07) is 13.0. The summed E-state index contributed by atoms with van der Waals surface area (Å²) >= 11 is 0. The SMILES string of the molecule is CN=C(NCCc1ccc(F)cc1C)NCc1cccc(OCCN(C)C)c1. The summed E-state index contributed by atoms with van der Waals surface area (Å²) in [5.74, 6) is 1.41. The predicted octanol–water partition coefficient (Wildman–Crippen LogP) is 2.98. The molecule has 6 heteroatoms. The largest absolute Gasteiger partial charge is 0.492 e. The van der Waals surface area contributed by atoms with Crippen molar-refractivity contribution in [1.29, 1.82) is 0 Å². The number of guanidine groups is 1. The van der Waals surface area contributed by atoms with Crippen LogP contribution in [0.15, 0.2) is 47.5 Å². The normalized spacial score (nSPS) is 11.6. The molecule has 0 aromatic heterocycles. The standard InChI is InChI=1S/C22H31FN4O/c1-17-14-20(23)9-8-19(17)10-11-25-22(24-2)26-16-18-6-5-7-21(15-18)28-13-12-27(3)4/h5-9,14-15H,10-13,16H2,1-4H3,(H2,24,25,26). The fourth-order valence-electron chi connectivity index (χ4n) is 2.75. The molecule has 0 aliphatic heterocycles. The fourth-order valence-corrected chi connectivity index (χ4v) is 2.75. The number of hydrogen-bond donors (Lipinski definition) is 2. The summed E-state index contributed by atoms with van der Waals surface area (Å²) in [5, 5.41) is 6.61. The average molecular weight is 387 g/mol. The molecule has 0 aliphatic carbocycles. The Morgan fingerprint density at radius 3 is 2.68 bits per heavy atom. The number of nitrogens with zero attached hydrogens (tertiary/aromatic N) is 2. The molecule has 5 nitrogen and oxygen atoms in total. The minimum absolute atomic E-state index is 0.195. The van der Waals surface area contributed by atoms with Crippen LogP contribution in [0.3, 0.4) is 0 Å². The van der Waals surface area contributed by atoms with Crippen LogP contribution in [0.4, 0.5) is 4.39 Å². The summed E-state index contributed by atoms with van der Waals surface area (Å²) < 4.78 is 19.0. The van der Waals surface area contributed by atoms with E-state index in [0.717, 1.165) is 47.9 Å². The van der Waals surface area contributed by atoms with E-state index < -0.39 is 0 Å². The zero-order valence-corrected chi connectivity index (χ0v) is 17.3. The first kappa shape index (κ1) is 21.7. The first-order chi connectivity index (χ1) is 13.5. The highest BCUT2D eigenvalue weighted by Gasteiger charge is 2.03. The first-order valence-corrected chi connectivity index (χ1v) is 9.54. The zero-order valence-electron chi connectivity index (χ0n) is 17.3. The highest BCUT2D eigenvalue weighted by molar-refractivity contribution is 5.79. The molecule has 0 aliphatic rings. The Bertz CT molecular complexity index is 777. The Labute approximate surface area is 167 Å². The Hall–Kier alpha value is -2.60. The topological polar surface area (TPSA) is 48.9 Å². The minimum atomic E-state index is -0.195. The van der Waals surface area contributed by atoms with Gasteiger partial charge in [0.2, 0.25) is 0 Å². The number of ether oxygens (including phenoxy) is 1. The van der Waals surface area contributed by atoms with E-state index in [0.29, 0.717) is 13.2 Å². The summed E-state index contributed by atoms with van der Waals surface area (Å²) in [5.41, 5.74) is 3.22. The van der Waals surface area contributed by atoms with Gasteiger partial charge in [-0.05, 0) is 68.4 Å². The van der Waals surface area contributed by atoms with E-state index >= 15 is 0 Å². The maximum absolute atomic E-state index is 13.2. The Morgan fingerprint density at radius 1 is 1.14 bits per heavy atom. The van der Waals surface area contributed by atoms with E-state index in [-0.39, 0.29) is 5.82 Å². The van der Waals surface area contributed by atoms with Crippen molar-refractivity contribution in [2.24, 2.45) is 4.99 Å². The van der Waals surface area contributed by atoms with Gasteiger partial charge >= 0.3 is 0 Å². The van der Waals surface area contributed by atoms with Gasteiger partial charge in [-0.3, -0.25) is 4.99 Å². The third kappa shape index (κ3) is 7.56. The molecule has 0 fully saturated rings. The number of rotatable bonds is 9. The fraction of sp³-hybridized carbons (Fsp3) is 0.409. The lowest BCUT2D eigenvalue weighted by Crippen LogP contribution is -2.37. The van der Waals surface area contributed by atoms with Gasteiger partial charge in [0.25, 0.3) is 0 Å². The second kappa shape index (κ2) is 11.3. The lowest BCUT2D eigenvalue weighted by molar-refractivity contribution is 0.261. The molecule has 2 rings (SSSR count). The Kier molecular flexibility index (Phi) is 8.75. The van der Waals surface area contributed by atoms with Crippen LogP contribution in [0.5, 0.6) is 5.75 Å². The number of nitrogens with one attached hydrogen (secondary N) is 2. The number of halogens is 1. The molecule has 0 heterocycles. The number of likely N-dealkylation sites (N-methyl/N-ethyl adjacent to an activating group) is 1. The highest BCUT2D eigenvalue weighted by Crippen LogP contribution is 2.13. The molecule has 2 aromatic carbocycles. The number of aliphatic imine (C=N–C) groups is 1. The van der Waals surface area contributed by atoms with Gasteiger partial charge in [-0.25, -0.2) is 4.39 Å². The lowest BCUT2D eigenvalue weighted by atomic mass is 10.1. The molecule has 0 radical (unpaired) electrons. The molecule has 2 aromatic rings. The molecule has 0 saturated heterocycles. The second-order valence-corrected chi connectivity index (χ2v) is 6.97. The van der Waals surface area contributed by atoms with Gasteiger partial charge in [0.1, 0.15) is 18.2 Å². The van der Waals surface area contributed by atoms with Crippen LogP contribution in [-0.2, 0) is 13.0 Å². The maximum Gasteiger partial charge on any atom is 0.191 e. The van der Waals surface area contributed by atoms with E-state index in [1.54, 1.807) is 13.1 Å². The molecule has 0 atom stereocenters. The minimum Gasteiger partial charge on any atom is -0.492 e. The molecule has 0 unspecified atom stereocenters. The van der Waals surface area contributed by atoms with Gasteiger partial charge in [0, 0.05) is 26.7 Å². The van der Waals surface area contributed by atoms with Crippen LogP contribution in [0.2, 0.25) is 0 Å². The highest BCUT2D eigenvalue weighted by atomic mass is 19.1.